The summed E-state index contributed by atoms with van der Waals surface area (Å²) in [6.07, 6.45) is -4.78. The molecule has 0 N–H and O–H groups in total. The fourth-order valence-corrected chi connectivity index (χ4v) is 2.41. The molecule has 2 aromatic rings. The Kier molecular flexibility index (Phi) is 4.42. The van der Waals surface area contributed by atoms with Crippen LogP contribution in [0.3, 0.4) is 0 Å². The molecule has 0 aliphatic rings. The van der Waals surface area contributed by atoms with E-state index in [0.29, 0.717) is 16.7 Å². The van der Waals surface area contributed by atoms with Crippen molar-refractivity contribution in [2.45, 2.75) is 39.5 Å². The van der Waals surface area contributed by atoms with Crippen LogP contribution in [0.2, 0.25) is 0 Å². The second-order valence-corrected chi connectivity index (χ2v) is 6.44. The minimum absolute atomic E-state index is 0.266. The SMILES string of the molecule is Cc1ccc(OC(F)(F)F)cc1-c1cccc(C(C)(C)C)c1F. The quantitative estimate of drug-likeness (QED) is 0.615. The molecular formula is C18H18F4O. The van der Waals surface area contributed by atoms with Gasteiger partial charge in [0, 0.05) is 5.56 Å². The Morgan fingerprint density at radius 2 is 1.57 bits per heavy atom. The lowest BCUT2D eigenvalue weighted by molar-refractivity contribution is -0.274. The zero-order valence-corrected chi connectivity index (χ0v) is 13.4. The molecule has 124 valence electrons. The lowest BCUT2D eigenvalue weighted by Gasteiger charge is -2.22. The van der Waals surface area contributed by atoms with Crippen molar-refractivity contribution < 1.29 is 22.3 Å². The van der Waals surface area contributed by atoms with Gasteiger partial charge in [-0.3, -0.25) is 0 Å². The fourth-order valence-electron chi connectivity index (χ4n) is 2.41. The van der Waals surface area contributed by atoms with Crippen LogP contribution in [-0.4, -0.2) is 6.36 Å². The Hall–Kier alpha value is -2.04. The summed E-state index contributed by atoms with van der Waals surface area (Å²) in [4.78, 5) is 0. The maximum atomic E-state index is 14.8. The van der Waals surface area contributed by atoms with E-state index in [4.69, 9.17) is 0 Å². The molecule has 5 heteroatoms. The van der Waals surface area contributed by atoms with E-state index in [0.717, 1.165) is 0 Å². The van der Waals surface area contributed by atoms with Crippen LogP contribution in [0.1, 0.15) is 31.9 Å². The van der Waals surface area contributed by atoms with E-state index >= 15 is 0 Å². The molecule has 0 saturated carbocycles. The highest BCUT2D eigenvalue weighted by atomic mass is 19.4. The lowest BCUT2D eigenvalue weighted by Crippen LogP contribution is -2.17. The van der Waals surface area contributed by atoms with Crippen molar-refractivity contribution in [2.75, 3.05) is 0 Å². The number of benzene rings is 2. The third kappa shape index (κ3) is 4.03. The van der Waals surface area contributed by atoms with Gasteiger partial charge in [-0.2, -0.15) is 0 Å². The highest BCUT2D eigenvalue weighted by Gasteiger charge is 2.31. The van der Waals surface area contributed by atoms with Gasteiger partial charge in [-0.15, -0.1) is 13.2 Å². The molecule has 0 atom stereocenters. The Morgan fingerprint density at radius 1 is 0.913 bits per heavy atom. The molecule has 0 radical (unpaired) electrons. The molecule has 0 aromatic heterocycles. The highest BCUT2D eigenvalue weighted by molar-refractivity contribution is 5.70. The summed E-state index contributed by atoms with van der Waals surface area (Å²) in [5, 5.41) is 0. The summed E-state index contributed by atoms with van der Waals surface area (Å²) < 4.78 is 55.9. The van der Waals surface area contributed by atoms with Gasteiger partial charge >= 0.3 is 6.36 Å². The molecular weight excluding hydrogens is 308 g/mol. The van der Waals surface area contributed by atoms with E-state index in [-0.39, 0.29) is 11.3 Å². The second-order valence-electron chi connectivity index (χ2n) is 6.44. The molecule has 0 aliphatic carbocycles. The van der Waals surface area contributed by atoms with Gasteiger partial charge in [-0.25, -0.2) is 4.39 Å². The van der Waals surface area contributed by atoms with E-state index in [1.807, 2.05) is 20.8 Å². The summed E-state index contributed by atoms with van der Waals surface area (Å²) in [6, 6.07) is 8.87. The van der Waals surface area contributed by atoms with Crippen molar-refractivity contribution in [3.63, 3.8) is 0 Å². The number of hydrogen-bond donors (Lipinski definition) is 0. The normalized spacial score (nSPS) is 12.3. The third-order valence-corrected chi connectivity index (χ3v) is 3.54. The average molecular weight is 326 g/mol. The van der Waals surface area contributed by atoms with Gasteiger partial charge in [-0.1, -0.05) is 45.0 Å². The first-order valence-corrected chi connectivity index (χ1v) is 7.15. The number of rotatable bonds is 2. The zero-order valence-electron chi connectivity index (χ0n) is 13.4. The molecule has 0 aliphatic heterocycles. The van der Waals surface area contributed by atoms with Gasteiger partial charge in [0.05, 0.1) is 0 Å². The van der Waals surface area contributed by atoms with Crippen molar-refractivity contribution in [2.24, 2.45) is 0 Å². The van der Waals surface area contributed by atoms with Crippen molar-refractivity contribution in [3.05, 3.63) is 53.3 Å². The number of alkyl halides is 3. The summed E-state index contributed by atoms with van der Waals surface area (Å²) in [5.74, 6) is -0.786. The Balaban J connectivity index is 2.56. The van der Waals surface area contributed by atoms with Gasteiger partial charge < -0.3 is 4.74 Å². The summed E-state index contributed by atoms with van der Waals surface area (Å²) in [7, 11) is 0. The molecule has 0 saturated heterocycles. The molecule has 0 heterocycles. The summed E-state index contributed by atoms with van der Waals surface area (Å²) in [6.45, 7) is 7.36. The maximum Gasteiger partial charge on any atom is 0.573 e. The smallest absolute Gasteiger partial charge is 0.406 e. The summed E-state index contributed by atoms with van der Waals surface area (Å²) >= 11 is 0. The first-order valence-electron chi connectivity index (χ1n) is 7.15. The first kappa shape index (κ1) is 17.3. The van der Waals surface area contributed by atoms with E-state index in [9.17, 15) is 17.6 Å². The molecule has 0 bridgehead atoms. The molecule has 23 heavy (non-hydrogen) atoms. The van der Waals surface area contributed by atoms with Crippen LogP contribution in [0.5, 0.6) is 5.75 Å². The van der Waals surface area contributed by atoms with Crippen LogP contribution in [0.15, 0.2) is 36.4 Å². The van der Waals surface area contributed by atoms with Crippen LogP contribution < -0.4 is 4.74 Å². The largest absolute Gasteiger partial charge is 0.573 e. The van der Waals surface area contributed by atoms with Crippen LogP contribution in [0.25, 0.3) is 11.1 Å². The minimum Gasteiger partial charge on any atom is -0.406 e. The standard InChI is InChI=1S/C18H18F4O/c1-11-8-9-12(23-18(20,21)22)10-14(11)13-6-5-7-15(16(13)19)17(2,3)4/h5-10H,1-4H3. The third-order valence-electron chi connectivity index (χ3n) is 3.54. The second kappa shape index (κ2) is 5.87. The van der Waals surface area contributed by atoms with Gasteiger partial charge in [0.1, 0.15) is 11.6 Å². The topological polar surface area (TPSA) is 9.23 Å². The molecule has 2 aromatic carbocycles. The molecule has 2 rings (SSSR count). The number of aryl methyl sites for hydroxylation is 1. The summed E-state index contributed by atoms with van der Waals surface area (Å²) in [5.41, 5.74) is 1.42. The van der Waals surface area contributed by atoms with Crippen molar-refractivity contribution in [1.29, 1.82) is 0 Å². The number of hydrogen-bond acceptors (Lipinski definition) is 1. The molecule has 0 fully saturated rings. The van der Waals surface area contributed by atoms with Crippen molar-refractivity contribution in [1.82, 2.24) is 0 Å². The van der Waals surface area contributed by atoms with Gasteiger partial charge in [0.2, 0.25) is 0 Å². The van der Waals surface area contributed by atoms with Gasteiger partial charge in [0.25, 0.3) is 0 Å². The predicted molar refractivity (Wildman–Crippen MR) is 82.0 cm³/mol. The Labute approximate surface area is 132 Å². The monoisotopic (exact) mass is 326 g/mol. The van der Waals surface area contributed by atoms with Crippen LogP contribution in [0.4, 0.5) is 17.6 Å². The first-order chi connectivity index (χ1) is 10.5. The lowest BCUT2D eigenvalue weighted by atomic mass is 9.84. The minimum atomic E-state index is -4.78. The van der Waals surface area contributed by atoms with E-state index in [2.05, 4.69) is 4.74 Å². The maximum absolute atomic E-state index is 14.8. The number of ether oxygens (including phenoxy) is 1. The van der Waals surface area contributed by atoms with Crippen LogP contribution >= 0.6 is 0 Å². The molecule has 0 spiro atoms. The van der Waals surface area contributed by atoms with E-state index in [1.165, 1.54) is 18.2 Å². The van der Waals surface area contributed by atoms with E-state index in [1.54, 1.807) is 25.1 Å². The van der Waals surface area contributed by atoms with Crippen molar-refractivity contribution >= 4 is 0 Å². The Morgan fingerprint density at radius 3 is 2.13 bits per heavy atom. The fraction of sp³-hybridized carbons (Fsp3) is 0.333. The van der Waals surface area contributed by atoms with Crippen molar-refractivity contribution in [3.8, 4) is 16.9 Å². The van der Waals surface area contributed by atoms with Gasteiger partial charge in [0.15, 0.2) is 0 Å². The average Bonchev–Trinajstić information content (AvgIpc) is 2.38. The molecule has 0 unspecified atom stereocenters. The predicted octanol–water partition coefficient (Wildman–Crippen LogP) is 6.00. The van der Waals surface area contributed by atoms with Crippen LogP contribution in [0, 0.1) is 12.7 Å². The highest BCUT2D eigenvalue weighted by Crippen LogP contribution is 2.35. The van der Waals surface area contributed by atoms with Crippen LogP contribution in [-0.2, 0) is 5.41 Å². The molecule has 1 nitrogen and oxygen atoms in total. The van der Waals surface area contributed by atoms with Gasteiger partial charge in [-0.05, 0) is 41.2 Å². The number of halogens is 4. The zero-order chi connectivity index (χ0) is 17.4. The molecule has 0 amide bonds. The Bertz CT molecular complexity index is 712. The van der Waals surface area contributed by atoms with E-state index < -0.39 is 17.6 Å².